The average Bonchev–Trinajstić information content (AvgIpc) is 2.84. The SMILES string of the molecule is NS(=O)(=O)c1ccccc1-c1cncc(-c2ccc3ncnc(OC4CCOCC4)c3n2)c1. The fraction of sp³-hybridized carbons (Fsp3) is 0.217. The van der Waals surface area contributed by atoms with Gasteiger partial charge in [-0.15, -0.1) is 0 Å². The predicted molar refractivity (Wildman–Crippen MR) is 122 cm³/mol. The molecule has 1 saturated heterocycles. The summed E-state index contributed by atoms with van der Waals surface area (Å²) in [5, 5.41) is 5.40. The second kappa shape index (κ2) is 8.81. The minimum atomic E-state index is -3.89. The number of rotatable bonds is 5. The van der Waals surface area contributed by atoms with E-state index in [2.05, 4.69) is 15.0 Å². The van der Waals surface area contributed by atoms with Crippen molar-refractivity contribution in [3.05, 3.63) is 61.2 Å². The van der Waals surface area contributed by atoms with Crippen molar-refractivity contribution >= 4 is 21.1 Å². The van der Waals surface area contributed by atoms with Gasteiger partial charge in [-0.25, -0.2) is 23.5 Å². The minimum absolute atomic E-state index is 0.0158. The van der Waals surface area contributed by atoms with Crippen LogP contribution in [0.4, 0.5) is 0 Å². The third-order valence-corrected chi connectivity index (χ3v) is 6.40. The molecule has 4 heterocycles. The summed E-state index contributed by atoms with van der Waals surface area (Å²) in [7, 11) is -3.89. The number of ether oxygens (including phenoxy) is 2. The zero-order valence-corrected chi connectivity index (χ0v) is 18.4. The van der Waals surface area contributed by atoms with Gasteiger partial charge in [-0.3, -0.25) is 4.98 Å². The molecule has 1 aliphatic heterocycles. The summed E-state index contributed by atoms with van der Waals surface area (Å²) in [6, 6.07) is 12.1. The van der Waals surface area contributed by atoms with E-state index in [1.54, 1.807) is 30.6 Å². The molecule has 9 nitrogen and oxygen atoms in total. The third-order valence-electron chi connectivity index (χ3n) is 5.43. The second-order valence-corrected chi connectivity index (χ2v) is 9.21. The molecular formula is C23H21N5O4S. The molecule has 33 heavy (non-hydrogen) atoms. The summed E-state index contributed by atoms with van der Waals surface area (Å²) in [5.74, 6) is 0.428. The van der Waals surface area contributed by atoms with Gasteiger partial charge in [0.2, 0.25) is 15.9 Å². The number of sulfonamides is 1. The zero-order valence-electron chi connectivity index (χ0n) is 17.6. The molecule has 0 aliphatic carbocycles. The van der Waals surface area contributed by atoms with Crippen LogP contribution < -0.4 is 9.88 Å². The molecule has 168 valence electrons. The van der Waals surface area contributed by atoms with Crippen LogP contribution in [0.25, 0.3) is 33.4 Å². The zero-order chi connectivity index (χ0) is 22.8. The summed E-state index contributed by atoms with van der Waals surface area (Å²) in [6.07, 6.45) is 6.32. The van der Waals surface area contributed by atoms with Crippen molar-refractivity contribution in [1.82, 2.24) is 19.9 Å². The van der Waals surface area contributed by atoms with Gasteiger partial charge in [0.15, 0.2) is 5.52 Å². The van der Waals surface area contributed by atoms with Crippen LogP contribution in [0, 0.1) is 0 Å². The largest absolute Gasteiger partial charge is 0.473 e. The van der Waals surface area contributed by atoms with E-state index >= 15 is 0 Å². The molecule has 0 radical (unpaired) electrons. The second-order valence-electron chi connectivity index (χ2n) is 7.68. The normalized spacial score (nSPS) is 14.9. The highest BCUT2D eigenvalue weighted by atomic mass is 32.2. The smallest absolute Gasteiger partial charge is 0.244 e. The van der Waals surface area contributed by atoms with E-state index in [1.165, 1.54) is 12.4 Å². The highest BCUT2D eigenvalue weighted by Crippen LogP contribution is 2.30. The molecular weight excluding hydrogens is 442 g/mol. The lowest BCUT2D eigenvalue weighted by molar-refractivity contribution is 0.0243. The van der Waals surface area contributed by atoms with Crippen LogP contribution in [0.2, 0.25) is 0 Å². The molecule has 1 fully saturated rings. The number of aromatic nitrogens is 4. The highest BCUT2D eigenvalue weighted by Gasteiger charge is 2.19. The molecule has 4 aromatic rings. The molecule has 3 aromatic heterocycles. The van der Waals surface area contributed by atoms with Gasteiger partial charge >= 0.3 is 0 Å². The molecule has 0 amide bonds. The lowest BCUT2D eigenvalue weighted by Gasteiger charge is -2.22. The maximum absolute atomic E-state index is 12.0. The standard InChI is InChI=1S/C23H21N5O4S/c24-33(29,30)21-4-2-1-3-18(21)15-11-16(13-25-12-15)19-5-6-20-22(28-19)23(27-14-26-20)32-17-7-9-31-10-8-17/h1-6,11-14,17H,7-10H2,(H2,24,29,30). The third kappa shape index (κ3) is 4.54. The van der Waals surface area contributed by atoms with Gasteiger partial charge in [-0.05, 0) is 24.3 Å². The van der Waals surface area contributed by atoms with Crippen molar-refractivity contribution in [3.8, 4) is 28.3 Å². The van der Waals surface area contributed by atoms with Gasteiger partial charge in [-0.2, -0.15) is 4.98 Å². The van der Waals surface area contributed by atoms with E-state index in [-0.39, 0.29) is 11.0 Å². The Morgan fingerprint density at radius 3 is 2.61 bits per heavy atom. The summed E-state index contributed by atoms with van der Waals surface area (Å²) in [5.41, 5.74) is 3.65. The number of primary sulfonamides is 1. The van der Waals surface area contributed by atoms with Crippen LogP contribution in [0.15, 0.2) is 66.1 Å². The van der Waals surface area contributed by atoms with Crippen molar-refractivity contribution in [2.24, 2.45) is 5.14 Å². The molecule has 0 saturated carbocycles. The molecule has 0 bridgehead atoms. The summed E-state index contributed by atoms with van der Waals surface area (Å²) < 4.78 is 35.6. The van der Waals surface area contributed by atoms with Gasteiger partial charge in [0.1, 0.15) is 12.4 Å². The first kappa shape index (κ1) is 21.4. The number of nitrogens with zero attached hydrogens (tertiary/aromatic N) is 4. The average molecular weight is 464 g/mol. The maximum Gasteiger partial charge on any atom is 0.244 e. The van der Waals surface area contributed by atoms with Gasteiger partial charge in [0.05, 0.1) is 29.3 Å². The Hall–Kier alpha value is -3.47. The first-order valence-electron chi connectivity index (χ1n) is 10.4. The van der Waals surface area contributed by atoms with Crippen LogP contribution in [0.3, 0.4) is 0 Å². The van der Waals surface area contributed by atoms with E-state index in [9.17, 15) is 8.42 Å². The topological polar surface area (TPSA) is 130 Å². The van der Waals surface area contributed by atoms with Crippen LogP contribution in [0.1, 0.15) is 12.8 Å². The first-order valence-corrected chi connectivity index (χ1v) is 12.0. The van der Waals surface area contributed by atoms with Crippen LogP contribution in [-0.2, 0) is 14.8 Å². The van der Waals surface area contributed by atoms with Crippen molar-refractivity contribution in [3.63, 3.8) is 0 Å². The Morgan fingerprint density at radius 2 is 1.79 bits per heavy atom. The summed E-state index contributed by atoms with van der Waals surface area (Å²) in [4.78, 5) is 17.7. The lowest BCUT2D eigenvalue weighted by Crippen LogP contribution is -2.26. The predicted octanol–water partition coefficient (Wildman–Crippen LogP) is 2.96. The maximum atomic E-state index is 12.0. The van der Waals surface area contributed by atoms with Crippen molar-refractivity contribution in [2.45, 2.75) is 23.8 Å². The molecule has 5 rings (SSSR count). The number of benzene rings is 1. The van der Waals surface area contributed by atoms with Crippen molar-refractivity contribution < 1.29 is 17.9 Å². The Kier molecular flexibility index (Phi) is 5.71. The van der Waals surface area contributed by atoms with E-state index in [0.717, 1.165) is 12.8 Å². The van der Waals surface area contributed by atoms with Crippen molar-refractivity contribution in [1.29, 1.82) is 0 Å². The lowest BCUT2D eigenvalue weighted by atomic mass is 10.0. The van der Waals surface area contributed by atoms with Gasteiger partial charge in [0, 0.05) is 41.9 Å². The fourth-order valence-electron chi connectivity index (χ4n) is 3.80. The molecule has 0 atom stereocenters. The molecule has 0 spiro atoms. The number of fused-ring (bicyclic) bond motifs is 1. The fourth-order valence-corrected chi connectivity index (χ4v) is 4.56. The molecule has 1 aliphatic rings. The number of nitrogens with two attached hydrogens (primary N) is 1. The molecule has 0 unspecified atom stereocenters. The van der Waals surface area contributed by atoms with Gasteiger partial charge < -0.3 is 9.47 Å². The summed E-state index contributed by atoms with van der Waals surface area (Å²) >= 11 is 0. The molecule has 10 heteroatoms. The van der Waals surface area contributed by atoms with Gasteiger partial charge in [-0.1, -0.05) is 18.2 Å². The number of pyridine rings is 2. The van der Waals surface area contributed by atoms with Gasteiger partial charge in [0.25, 0.3) is 0 Å². The van der Waals surface area contributed by atoms with Crippen LogP contribution in [-0.4, -0.2) is 47.7 Å². The first-order chi connectivity index (χ1) is 16.0. The Labute approximate surface area is 190 Å². The number of hydrogen-bond acceptors (Lipinski definition) is 8. The van der Waals surface area contributed by atoms with E-state index in [0.29, 0.717) is 52.5 Å². The van der Waals surface area contributed by atoms with E-state index in [1.807, 2.05) is 18.2 Å². The quantitative estimate of drug-likeness (QED) is 0.478. The molecule has 1 aromatic carbocycles. The Morgan fingerprint density at radius 1 is 1.00 bits per heavy atom. The Bertz CT molecular complexity index is 1420. The van der Waals surface area contributed by atoms with E-state index < -0.39 is 10.0 Å². The highest BCUT2D eigenvalue weighted by molar-refractivity contribution is 7.89. The van der Waals surface area contributed by atoms with Crippen molar-refractivity contribution in [2.75, 3.05) is 13.2 Å². The minimum Gasteiger partial charge on any atom is -0.473 e. The van der Waals surface area contributed by atoms with E-state index in [4.69, 9.17) is 19.6 Å². The monoisotopic (exact) mass is 463 g/mol. The summed E-state index contributed by atoms with van der Waals surface area (Å²) in [6.45, 7) is 1.32. The van der Waals surface area contributed by atoms with Crippen LogP contribution >= 0.6 is 0 Å². The number of hydrogen-bond donors (Lipinski definition) is 1. The van der Waals surface area contributed by atoms with Crippen LogP contribution in [0.5, 0.6) is 5.88 Å². The Balaban J connectivity index is 1.55. The molecule has 2 N–H and O–H groups in total.